The summed E-state index contributed by atoms with van der Waals surface area (Å²) in [6.45, 7) is 1.84. The number of carbonyl (C=O) groups excluding carboxylic acids is 2. The summed E-state index contributed by atoms with van der Waals surface area (Å²) in [5.74, 6) is -1.36. The summed E-state index contributed by atoms with van der Waals surface area (Å²) in [4.78, 5) is 33.7. The normalized spacial score (nSPS) is 11.3. The molecule has 0 saturated heterocycles. The first-order valence-corrected chi connectivity index (χ1v) is 13.3. The second-order valence-electron chi connectivity index (χ2n) is 7.17. The van der Waals surface area contributed by atoms with Gasteiger partial charge in [-0.05, 0) is 30.0 Å². The van der Waals surface area contributed by atoms with Crippen molar-refractivity contribution >= 4 is 51.3 Å². The van der Waals surface area contributed by atoms with E-state index in [1.165, 1.54) is 11.3 Å². The Balaban J connectivity index is 1.54. The standard InChI is InChI=1S/C24H18F3N3O3S3/c1-2-33-22(32)20-15(14-7-4-3-5-8-14)12-35-21(20)30-19(31)13-36-23-28-16(17-9-6-10-34-17)11-18(29-23)24(25,26)27/h3-12H,2,13H2,1H3,(H,30,31). The Labute approximate surface area is 216 Å². The van der Waals surface area contributed by atoms with Gasteiger partial charge in [0.25, 0.3) is 0 Å². The topological polar surface area (TPSA) is 81.2 Å². The number of alkyl halides is 3. The van der Waals surface area contributed by atoms with Crippen molar-refractivity contribution in [3.8, 4) is 21.7 Å². The molecule has 4 rings (SSSR count). The van der Waals surface area contributed by atoms with Crippen molar-refractivity contribution in [2.75, 3.05) is 17.7 Å². The van der Waals surface area contributed by atoms with E-state index in [1.807, 2.05) is 30.3 Å². The first kappa shape index (κ1) is 25.9. The lowest BCUT2D eigenvalue weighted by Crippen LogP contribution is -2.17. The van der Waals surface area contributed by atoms with Crippen LogP contribution in [0.4, 0.5) is 18.2 Å². The Morgan fingerprint density at radius 1 is 1.08 bits per heavy atom. The Bertz CT molecular complexity index is 1360. The van der Waals surface area contributed by atoms with E-state index in [1.54, 1.807) is 29.8 Å². The number of nitrogens with one attached hydrogen (secondary N) is 1. The highest BCUT2D eigenvalue weighted by Gasteiger charge is 2.34. The number of thiophene rings is 2. The van der Waals surface area contributed by atoms with Crippen LogP contribution in [0.5, 0.6) is 0 Å². The lowest BCUT2D eigenvalue weighted by Gasteiger charge is -2.10. The van der Waals surface area contributed by atoms with Crippen LogP contribution in [0.25, 0.3) is 21.7 Å². The molecule has 1 amide bonds. The Morgan fingerprint density at radius 2 is 1.86 bits per heavy atom. The zero-order chi connectivity index (χ0) is 25.7. The minimum atomic E-state index is -4.66. The van der Waals surface area contributed by atoms with Gasteiger partial charge in [0.15, 0.2) is 5.16 Å². The van der Waals surface area contributed by atoms with Gasteiger partial charge in [-0.25, -0.2) is 14.8 Å². The van der Waals surface area contributed by atoms with Gasteiger partial charge >= 0.3 is 12.1 Å². The summed E-state index contributed by atoms with van der Waals surface area (Å²) < 4.78 is 45.3. The average molecular weight is 550 g/mol. The van der Waals surface area contributed by atoms with Crippen LogP contribution in [0.2, 0.25) is 0 Å². The number of hydrogen-bond acceptors (Lipinski definition) is 8. The van der Waals surface area contributed by atoms with E-state index in [0.29, 0.717) is 15.4 Å². The number of halogens is 3. The second kappa shape index (κ2) is 11.2. The molecule has 0 bridgehead atoms. The number of nitrogens with zero attached hydrogens (tertiary/aromatic N) is 2. The summed E-state index contributed by atoms with van der Waals surface area (Å²) in [5.41, 5.74) is 0.667. The predicted octanol–water partition coefficient (Wildman–Crippen LogP) is 6.86. The molecule has 36 heavy (non-hydrogen) atoms. The Morgan fingerprint density at radius 3 is 2.53 bits per heavy atom. The van der Waals surface area contributed by atoms with E-state index in [-0.39, 0.29) is 28.8 Å². The van der Waals surface area contributed by atoms with Gasteiger partial charge in [-0.2, -0.15) is 13.2 Å². The van der Waals surface area contributed by atoms with Gasteiger partial charge in [-0.3, -0.25) is 4.79 Å². The van der Waals surface area contributed by atoms with Crippen molar-refractivity contribution in [1.82, 2.24) is 9.97 Å². The highest BCUT2D eigenvalue weighted by Crippen LogP contribution is 2.37. The molecule has 0 aliphatic rings. The maximum Gasteiger partial charge on any atom is 0.433 e. The minimum Gasteiger partial charge on any atom is -0.462 e. The van der Waals surface area contributed by atoms with E-state index in [4.69, 9.17) is 4.74 Å². The van der Waals surface area contributed by atoms with Crippen LogP contribution in [-0.2, 0) is 15.7 Å². The fourth-order valence-corrected chi connectivity index (χ4v) is 5.48. The fraction of sp³-hybridized carbons (Fsp3) is 0.167. The molecule has 0 unspecified atom stereocenters. The largest absolute Gasteiger partial charge is 0.462 e. The number of benzene rings is 1. The molecule has 0 radical (unpaired) electrons. The van der Waals surface area contributed by atoms with Crippen LogP contribution in [0, 0.1) is 0 Å². The van der Waals surface area contributed by atoms with E-state index in [0.717, 1.165) is 34.7 Å². The molecular weight excluding hydrogens is 531 g/mol. The third kappa shape index (κ3) is 6.12. The first-order chi connectivity index (χ1) is 17.3. The van der Waals surface area contributed by atoms with Crippen LogP contribution in [0.3, 0.4) is 0 Å². The maximum absolute atomic E-state index is 13.4. The number of anilines is 1. The molecule has 4 aromatic rings. The van der Waals surface area contributed by atoms with Gasteiger partial charge in [-0.15, -0.1) is 22.7 Å². The van der Waals surface area contributed by atoms with Crippen molar-refractivity contribution in [2.24, 2.45) is 0 Å². The molecule has 186 valence electrons. The van der Waals surface area contributed by atoms with Gasteiger partial charge in [0, 0.05) is 10.9 Å². The molecule has 1 N–H and O–H groups in total. The average Bonchev–Trinajstić information content (AvgIpc) is 3.53. The highest BCUT2D eigenvalue weighted by atomic mass is 32.2. The molecule has 1 aromatic carbocycles. The first-order valence-electron chi connectivity index (χ1n) is 10.5. The van der Waals surface area contributed by atoms with Crippen LogP contribution in [-0.4, -0.2) is 34.2 Å². The minimum absolute atomic E-state index is 0.130. The molecule has 0 spiro atoms. The van der Waals surface area contributed by atoms with Crippen molar-refractivity contribution in [1.29, 1.82) is 0 Å². The smallest absolute Gasteiger partial charge is 0.433 e. The molecule has 0 aliphatic carbocycles. The summed E-state index contributed by atoms with van der Waals surface area (Å²) in [5, 5.41) is 6.27. The predicted molar refractivity (Wildman–Crippen MR) is 135 cm³/mol. The number of amides is 1. The van der Waals surface area contributed by atoms with Crippen LogP contribution in [0.1, 0.15) is 23.0 Å². The summed E-state index contributed by atoms with van der Waals surface area (Å²) in [6, 6.07) is 13.4. The molecular formula is C24H18F3N3O3S3. The van der Waals surface area contributed by atoms with Crippen molar-refractivity contribution in [3.63, 3.8) is 0 Å². The number of esters is 1. The maximum atomic E-state index is 13.4. The number of hydrogen-bond donors (Lipinski definition) is 1. The van der Waals surface area contributed by atoms with Gasteiger partial charge < -0.3 is 10.1 Å². The monoisotopic (exact) mass is 549 g/mol. The SMILES string of the molecule is CCOC(=O)c1c(-c2ccccc2)csc1NC(=O)CSc1nc(-c2cccs2)cc(C(F)(F)F)n1. The fourth-order valence-electron chi connectivity index (χ4n) is 3.16. The van der Waals surface area contributed by atoms with Crippen molar-refractivity contribution < 1.29 is 27.5 Å². The van der Waals surface area contributed by atoms with E-state index in [2.05, 4.69) is 15.3 Å². The van der Waals surface area contributed by atoms with Crippen LogP contribution < -0.4 is 5.32 Å². The lowest BCUT2D eigenvalue weighted by molar-refractivity contribution is -0.141. The molecule has 12 heteroatoms. The molecule has 6 nitrogen and oxygen atoms in total. The summed E-state index contributed by atoms with van der Waals surface area (Å²) in [7, 11) is 0. The van der Waals surface area contributed by atoms with Crippen LogP contribution >= 0.6 is 34.4 Å². The zero-order valence-corrected chi connectivity index (χ0v) is 21.1. The van der Waals surface area contributed by atoms with Crippen molar-refractivity contribution in [3.05, 3.63) is 70.5 Å². The summed E-state index contributed by atoms with van der Waals surface area (Å²) >= 11 is 3.19. The van der Waals surface area contributed by atoms with E-state index < -0.39 is 23.7 Å². The van der Waals surface area contributed by atoms with Crippen LogP contribution in [0.15, 0.2) is 64.4 Å². The molecule has 0 aliphatic heterocycles. The third-order valence-electron chi connectivity index (χ3n) is 4.71. The van der Waals surface area contributed by atoms with Gasteiger partial charge in [0.1, 0.15) is 16.3 Å². The third-order valence-corrected chi connectivity index (χ3v) is 7.35. The Hall–Kier alpha value is -3.22. The second-order valence-corrected chi connectivity index (χ2v) is 9.94. The van der Waals surface area contributed by atoms with E-state index >= 15 is 0 Å². The number of thioether (sulfide) groups is 1. The van der Waals surface area contributed by atoms with Gasteiger partial charge in [0.05, 0.1) is 22.9 Å². The number of ether oxygens (including phenoxy) is 1. The number of aromatic nitrogens is 2. The van der Waals surface area contributed by atoms with Gasteiger partial charge in [-0.1, -0.05) is 48.2 Å². The molecule has 0 fully saturated rings. The Kier molecular flexibility index (Phi) is 8.07. The van der Waals surface area contributed by atoms with E-state index in [9.17, 15) is 22.8 Å². The molecule has 3 aromatic heterocycles. The zero-order valence-electron chi connectivity index (χ0n) is 18.7. The molecule has 0 atom stereocenters. The quantitative estimate of drug-likeness (QED) is 0.147. The molecule has 3 heterocycles. The highest BCUT2D eigenvalue weighted by molar-refractivity contribution is 7.99. The van der Waals surface area contributed by atoms with Crippen molar-refractivity contribution in [2.45, 2.75) is 18.3 Å². The lowest BCUT2D eigenvalue weighted by atomic mass is 10.0. The van der Waals surface area contributed by atoms with Gasteiger partial charge in [0.2, 0.25) is 5.91 Å². The number of carbonyl (C=O) groups is 2. The molecule has 0 saturated carbocycles. The summed E-state index contributed by atoms with van der Waals surface area (Å²) in [6.07, 6.45) is -4.66. The number of rotatable bonds is 8.